The van der Waals surface area contributed by atoms with Crippen LogP contribution in [0, 0.1) is 0 Å². The first-order valence-corrected chi connectivity index (χ1v) is 11.5. The average Bonchev–Trinajstić information content (AvgIpc) is 2.78. The van der Waals surface area contributed by atoms with E-state index in [9.17, 15) is 0 Å². The zero-order valence-corrected chi connectivity index (χ0v) is 16.2. The predicted molar refractivity (Wildman–Crippen MR) is 118 cm³/mol. The van der Waals surface area contributed by atoms with Crippen molar-refractivity contribution in [2.75, 3.05) is 0 Å². The Bertz CT molecular complexity index is 853. The first-order valence-electron chi connectivity index (χ1n) is 9.20. The number of hydrogen-bond donors (Lipinski definition) is 1. The van der Waals surface area contributed by atoms with Crippen LogP contribution in [-0.2, 0) is 0 Å². The van der Waals surface area contributed by atoms with E-state index in [1.54, 1.807) is 0 Å². The molecule has 4 aromatic carbocycles. The van der Waals surface area contributed by atoms with Crippen LogP contribution < -0.4 is 0 Å². The smallest absolute Gasteiger partial charge is 0.0109 e. The Labute approximate surface area is 162 Å². The molecule has 0 amide bonds. The van der Waals surface area contributed by atoms with Gasteiger partial charge in [0.25, 0.3) is 0 Å². The van der Waals surface area contributed by atoms with Gasteiger partial charge in [0.05, 0.1) is 0 Å². The van der Waals surface area contributed by atoms with Crippen LogP contribution in [-0.4, -0.2) is 0 Å². The molecule has 0 saturated heterocycles. The van der Waals surface area contributed by atoms with Crippen molar-refractivity contribution in [1.82, 2.24) is 0 Å². The molecule has 0 aliphatic rings. The molecule has 0 N–H and O–H groups in total. The summed E-state index contributed by atoms with van der Waals surface area (Å²) in [5.41, 5.74) is 0. The first kappa shape index (κ1) is 17.4. The highest BCUT2D eigenvalue weighted by atomic mass is 32.3. The second-order valence-corrected chi connectivity index (χ2v) is 11.5. The van der Waals surface area contributed by atoms with Gasteiger partial charge in [-0.25, -0.2) is 0 Å². The fourth-order valence-electron chi connectivity index (χ4n) is 4.27. The molecule has 0 saturated carbocycles. The predicted octanol–water partition coefficient (Wildman–Crippen LogP) is 7.44. The van der Waals surface area contributed by atoms with Gasteiger partial charge in [0, 0.05) is 0 Å². The molecule has 0 bridgehead atoms. The molecule has 0 unspecified atom stereocenters. The Balaban J connectivity index is 2.29. The van der Waals surface area contributed by atoms with Crippen molar-refractivity contribution < 1.29 is 0 Å². The van der Waals surface area contributed by atoms with Crippen LogP contribution in [0.4, 0.5) is 0 Å². The van der Waals surface area contributed by atoms with Crippen LogP contribution >= 0.6 is 9.16 Å². The van der Waals surface area contributed by atoms with E-state index in [4.69, 9.17) is 0 Å². The lowest BCUT2D eigenvalue weighted by Crippen LogP contribution is -2.18. The van der Waals surface area contributed by atoms with Gasteiger partial charge in [-0.2, -0.15) is 9.16 Å². The van der Waals surface area contributed by atoms with Gasteiger partial charge >= 0.3 is 0 Å². The third kappa shape index (κ3) is 2.39. The topological polar surface area (TPSA) is 0 Å². The molecule has 134 valence electrons. The summed E-state index contributed by atoms with van der Waals surface area (Å²) >= 11 is 0. The lowest BCUT2D eigenvalue weighted by Gasteiger charge is -2.61. The molecule has 0 spiro atoms. The van der Waals surface area contributed by atoms with E-state index in [1.807, 2.05) is 0 Å². The molecule has 1 heteroatoms. The summed E-state index contributed by atoms with van der Waals surface area (Å²) in [7, 11) is -3.08. The second-order valence-electron chi connectivity index (χ2n) is 6.71. The molecule has 0 atom stereocenters. The fourth-order valence-corrected chi connectivity index (χ4v) is 10.1. The van der Waals surface area contributed by atoms with E-state index in [0.717, 1.165) is 0 Å². The molecule has 0 aliphatic heterocycles. The summed E-state index contributed by atoms with van der Waals surface area (Å²) in [5, 5.41) is 2.24. The van der Waals surface area contributed by atoms with Gasteiger partial charge in [0.1, 0.15) is 0 Å². The lowest BCUT2D eigenvalue weighted by molar-refractivity contribution is 1.21. The van der Waals surface area contributed by atoms with Crippen LogP contribution in [0.25, 0.3) is 0 Å². The first-order chi connectivity index (χ1) is 13.3. The maximum Gasteiger partial charge on any atom is -0.0109 e. The summed E-state index contributed by atoms with van der Waals surface area (Å²) in [6.45, 7) is 4.47. The van der Waals surface area contributed by atoms with E-state index < -0.39 is 9.16 Å². The largest absolute Gasteiger partial charge is 0.185 e. The van der Waals surface area contributed by atoms with Crippen molar-refractivity contribution >= 4 is 9.16 Å². The van der Waals surface area contributed by atoms with Gasteiger partial charge < -0.3 is 0 Å². The molecule has 4 rings (SSSR count). The van der Waals surface area contributed by atoms with Crippen molar-refractivity contribution in [1.29, 1.82) is 0 Å². The number of hydrogen-bond acceptors (Lipinski definition) is 0. The molecular formula is C26H24S. The maximum absolute atomic E-state index is 4.47. The quantitative estimate of drug-likeness (QED) is 0.348. The third-order valence-electron chi connectivity index (χ3n) is 5.54. The molecule has 0 nitrogen and oxygen atoms in total. The minimum absolute atomic E-state index is 1.31. The number of thiol groups is 1. The average molecular weight is 369 g/mol. The normalized spacial score (nSPS) is 12.7. The minimum atomic E-state index is -3.08. The van der Waals surface area contributed by atoms with E-state index in [2.05, 4.69) is 133 Å². The van der Waals surface area contributed by atoms with Gasteiger partial charge in [0.15, 0.2) is 0 Å². The van der Waals surface area contributed by atoms with Crippen molar-refractivity contribution in [3.63, 3.8) is 0 Å². The number of rotatable bonds is 5. The molecule has 0 fully saturated rings. The summed E-state index contributed by atoms with van der Waals surface area (Å²) < 4.78 is 0. The highest BCUT2D eigenvalue weighted by Crippen LogP contribution is 2.90. The van der Waals surface area contributed by atoms with E-state index >= 15 is 0 Å². The molecular weight excluding hydrogens is 344 g/mol. The van der Waals surface area contributed by atoms with E-state index in [0.29, 0.717) is 0 Å². The zero-order chi connectivity index (χ0) is 18.6. The van der Waals surface area contributed by atoms with Crippen LogP contribution in [0.1, 0.15) is 0 Å². The van der Waals surface area contributed by atoms with Gasteiger partial charge in [-0.05, 0) is 19.6 Å². The molecule has 0 radical (unpaired) electrons. The van der Waals surface area contributed by atoms with Gasteiger partial charge in [-0.15, -0.1) is 0 Å². The van der Waals surface area contributed by atoms with Crippen molar-refractivity contribution in [2.45, 2.75) is 19.6 Å². The van der Waals surface area contributed by atoms with E-state index in [-0.39, 0.29) is 0 Å². The standard InChI is InChI=1S/C26H24S/c1-2-27(23-15-7-3-8-16-23,24-17-9-4-10-18-24,25-19-11-5-12-20-25)26-21-13-6-14-22-26/h2-22,27H,1H2. The fraction of sp³-hybridized carbons (Fsp3) is 0. The Morgan fingerprint density at radius 2 is 0.630 bits per heavy atom. The molecule has 27 heavy (non-hydrogen) atoms. The van der Waals surface area contributed by atoms with Gasteiger partial charge in [-0.1, -0.05) is 133 Å². The molecule has 4 aromatic rings. The molecule has 0 aliphatic carbocycles. The monoisotopic (exact) mass is 368 g/mol. The zero-order valence-electron chi connectivity index (χ0n) is 15.3. The van der Waals surface area contributed by atoms with Crippen molar-refractivity contribution in [3.8, 4) is 0 Å². The summed E-state index contributed by atoms with van der Waals surface area (Å²) in [6.07, 6.45) is 0. The highest BCUT2D eigenvalue weighted by Gasteiger charge is 2.45. The Hall–Kier alpha value is -3.03. The van der Waals surface area contributed by atoms with Crippen LogP contribution in [0.15, 0.2) is 153 Å². The highest BCUT2D eigenvalue weighted by molar-refractivity contribution is 8.51. The SMILES string of the molecule is C=C[SH](c1ccccc1)(c1ccccc1)(c1ccccc1)c1ccccc1. The van der Waals surface area contributed by atoms with Crippen molar-refractivity contribution in [2.24, 2.45) is 0 Å². The molecule has 0 aromatic heterocycles. The van der Waals surface area contributed by atoms with Crippen LogP contribution in [0.2, 0.25) is 0 Å². The summed E-state index contributed by atoms with van der Waals surface area (Å²) in [5.74, 6) is 0. The van der Waals surface area contributed by atoms with Crippen LogP contribution in [0.3, 0.4) is 0 Å². The maximum atomic E-state index is 4.47. The third-order valence-corrected chi connectivity index (χ3v) is 11.7. The van der Waals surface area contributed by atoms with Gasteiger partial charge in [-0.3, -0.25) is 0 Å². The van der Waals surface area contributed by atoms with E-state index in [1.165, 1.54) is 19.6 Å². The van der Waals surface area contributed by atoms with Crippen molar-refractivity contribution in [3.05, 3.63) is 133 Å². The second kappa shape index (κ2) is 6.94. The summed E-state index contributed by atoms with van der Waals surface area (Å²) in [6, 6.07) is 43.5. The Morgan fingerprint density at radius 3 is 0.815 bits per heavy atom. The Kier molecular flexibility index (Phi) is 4.47. The number of benzene rings is 4. The lowest BCUT2D eigenvalue weighted by atomic mass is 10.3. The summed E-state index contributed by atoms with van der Waals surface area (Å²) in [4.78, 5) is 5.23. The molecule has 0 heterocycles. The Morgan fingerprint density at radius 1 is 0.407 bits per heavy atom. The van der Waals surface area contributed by atoms with Crippen LogP contribution in [0.5, 0.6) is 0 Å². The minimum Gasteiger partial charge on any atom is -0.185 e. The van der Waals surface area contributed by atoms with Gasteiger partial charge in [0.2, 0.25) is 0 Å².